The fraction of sp³-hybridized carbons (Fsp3) is 0.211. The maximum Gasteiger partial charge on any atom is 0.305 e. The van der Waals surface area contributed by atoms with E-state index >= 15 is 0 Å². The molecule has 0 saturated carbocycles. The largest absolute Gasteiger partial charge is 0.396 e. The van der Waals surface area contributed by atoms with Crippen molar-refractivity contribution in [3.05, 3.63) is 68.4 Å². The first-order valence-electron chi connectivity index (χ1n) is 8.28. The number of H-pyrrole nitrogens is 1. The van der Waals surface area contributed by atoms with Crippen LogP contribution in [0.3, 0.4) is 0 Å². The summed E-state index contributed by atoms with van der Waals surface area (Å²) in [7, 11) is 0. The molecular formula is C19H17N3O2S2. The number of aromatic nitrogens is 3. The van der Waals surface area contributed by atoms with Gasteiger partial charge in [-0.3, -0.25) is 9.78 Å². The maximum absolute atomic E-state index is 11.5. The van der Waals surface area contributed by atoms with E-state index in [1.54, 1.807) is 17.5 Å². The number of thiazole rings is 2. The zero-order valence-electron chi connectivity index (χ0n) is 14.1. The number of rotatable bonds is 5. The van der Waals surface area contributed by atoms with Crippen molar-refractivity contribution in [2.24, 2.45) is 0 Å². The summed E-state index contributed by atoms with van der Waals surface area (Å²) >= 11 is 2.81. The van der Waals surface area contributed by atoms with Crippen molar-refractivity contribution in [1.82, 2.24) is 15.0 Å². The second kappa shape index (κ2) is 7.11. The third-order valence-electron chi connectivity index (χ3n) is 4.35. The minimum Gasteiger partial charge on any atom is -0.396 e. The molecule has 1 aromatic carbocycles. The number of aromatic amines is 1. The highest BCUT2D eigenvalue weighted by molar-refractivity contribution is 7.16. The molecule has 3 heterocycles. The van der Waals surface area contributed by atoms with Crippen molar-refractivity contribution in [2.75, 3.05) is 6.61 Å². The summed E-state index contributed by atoms with van der Waals surface area (Å²) in [6, 6.07) is 9.97. The van der Waals surface area contributed by atoms with Crippen molar-refractivity contribution < 1.29 is 5.11 Å². The van der Waals surface area contributed by atoms with E-state index < -0.39 is 0 Å². The Morgan fingerprint density at radius 2 is 2.15 bits per heavy atom. The summed E-state index contributed by atoms with van der Waals surface area (Å²) in [6.07, 6.45) is 2.40. The van der Waals surface area contributed by atoms with Gasteiger partial charge in [-0.15, -0.1) is 11.3 Å². The van der Waals surface area contributed by atoms with Crippen LogP contribution in [0.15, 0.2) is 46.7 Å². The predicted octanol–water partition coefficient (Wildman–Crippen LogP) is 3.79. The van der Waals surface area contributed by atoms with Gasteiger partial charge in [0, 0.05) is 24.1 Å². The molecule has 0 spiro atoms. The minimum absolute atomic E-state index is 0.0310. The number of aliphatic hydroxyl groups is 1. The number of benzene rings is 1. The van der Waals surface area contributed by atoms with Crippen molar-refractivity contribution in [2.45, 2.75) is 19.3 Å². The zero-order chi connectivity index (χ0) is 18.1. The summed E-state index contributed by atoms with van der Waals surface area (Å²) in [5.74, 6) is 0.135. The van der Waals surface area contributed by atoms with Crippen molar-refractivity contribution >= 4 is 32.9 Å². The summed E-state index contributed by atoms with van der Waals surface area (Å²) in [5.41, 5.74) is 4.86. The molecule has 2 N–H and O–H groups in total. The van der Waals surface area contributed by atoms with Crippen LogP contribution in [-0.2, 0) is 6.42 Å². The molecule has 26 heavy (non-hydrogen) atoms. The van der Waals surface area contributed by atoms with Gasteiger partial charge in [0.2, 0.25) is 0 Å². The SMILES string of the molecule is CC(c1ccc2[nH]c(=O)sc2c1)c1csc(-c2ccc(CCO)cn2)n1. The quantitative estimate of drug-likeness (QED) is 0.549. The molecule has 0 amide bonds. The summed E-state index contributed by atoms with van der Waals surface area (Å²) in [6.45, 7) is 2.24. The van der Waals surface area contributed by atoms with Gasteiger partial charge in [0.25, 0.3) is 0 Å². The average Bonchev–Trinajstić information content (AvgIpc) is 3.27. The van der Waals surface area contributed by atoms with E-state index in [1.165, 1.54) is 11.3 Å². The van der Waals surface area contributed by atoms with Crippen LogP contribution in [-0.4, -0.2) is 26.7 Å². The molecule has 3 aromatic heterocycles. The number of nitrogens with zero attached hydrogens (tertiary/aromatic N) is 2. The molecule has 1 unspecified atom stereocenters. The Morgan fingerprint density at radius 1 is 1.27 bits per heavy atom. The highest BCUT2D eigenvalue weighted by Gasteiger charge is 2.15. The van der Waals surface area contributed by atoms with Crippen LogP contribution in [0.25, 0.3) is 20.9 Å². The van der Waals surface area contributed by atoms with E-state index in [1.807, 2.05) is 24.3 Å². The molecule has 0 aliphatic rings. The van der Waals surface area contributed by atoms with Crippen LogP contribution >= 0.6 is 22.7 Å². The molecule has 0 aliphatic heterocycles. The van der Waals surface area contributed by atoms with Gasteiger partial charge >= 0.3 is 4.87 Å². The Labute approximate surface area is 158 Å². The van der Waals surface area contributed by atoms with E-state index in [4.69, 9.17) is 10.1 Å². The Bertz CT molecular complexity index is 1100. The smallest absolute Gasteiger partial charge is 0.305 e. The first-order chi connectivity index (χ1) is 12.6. The van der Waals surface area contributed by atoms with Crippen LogP contribution in [0.5, 0.6) is 0 Å². The molecular weight excluding hydrogens is 366 g/mol. The van der Waals surface area contributed by atoms with Crippen LogP contribution in [0.2, 0.25) is 0 Å². The number of nitrogens with one attached hydrogen (secondary N) is 1. The lowest BCUT2D eigenvalue weighted by atomic mass is 9.98. The Balaban J connectivity index is 1.60. The fourth-order valence-corrected chi connectivity index (χ4v) is 4.51. The second-order valence-corrected chi connectivity index (χ2v) is 7.97. The van der Waals surface area contributed by atoms with Gasteiger partial charge in [-0.1, -0.05) is 30.4 Å². The third-order valence-corrected chi connectivity index (χ3v) is 6.08. The van der Waals surface area contributed by atoms with E-state index in [0.29, 0.717) is 6.42 Å². The molecule has 7 heteroatoms. The van der Waals surface area contributed by atoms with Gasteiger partial charge < -0.3 is 10.1 Å². The molecule has 0 fully saturated rings. The van der Waals surface area contributed by atoms with Crippen LogP contribution in [0, 0.1) is 0 Å². The van der Waals surface area contributed by atoms with Gasteiger partial charge in [0.1, 0.15) is 5.01 Å². The number of hydrogen-bond donors (Lipinski definition) is 2. The molecule has 0 radical (unpaired) electrons. The Hall–Kier alpha value is -2.35. The Morgan fingerprint density at radius 3 is 2.92 bits per heavy atom. The van der Waals surface area contributed by atoms with Gasteiger partial charge in [-0.05, 0) is 35.7 Å². The molecule has 0 aliphatic carbocycles. The Kier molecular flexibility index (Phi) is 4.67. The highest BCUT2D eigenvalue weighted by Crippen LogP contribution is 2.31. The average molecular weight is 383 g/mol. The zero-order valence-corrected chi connectivity index (χ0v) is 15.7. The predicted molar refractivity (Wildman–Crippen MR) is 106 cm³/mol. The first kappa shape index (κ1) is 17.1. The molecule has 1 atom stereocenters. The third kappa shape index (κ3) is 3.33. The van der Waals surface area contributed by atoms with Crippen molar-refractivity contribution in [1.29, 1.82) is 0 Å². The standard InChI is InChI=1S/C19H17N3O2S2/c1-11(13-3-5-14-17(8-13)26-19(24)22-14)16-10-25-18(21-16)15-4-2-12(6-7-23)9-20-15/h2-5,8-11,23H,6-7H2,1H3,(H,22,24). The minimum atomic E-state index is -0.0310. The molecule has 4 rings (SSSR count). The van der Waals surface area contributed by atoms with Crippen molar-refractivity contribution in [3.8, 4) is 10.7 Å². The monoisotopic (exact) mass is 383 g/mol. The number of fused-ring (bicyclic) bond motifs is 1. The number of aliphatic hydroxyl groups excluding tert-OH is 1. The normalized spacial score (nSPS) is 12.5. The molecule has 4 aromatic rings. The van der Waals surface area contributed by atoms with Crippen LogP contribution < -0.4 is 4.87 Å². The maximum atomic E-state index is 11.5. The molecule has 132 valence electrons. The lowest BCUT2D eigenvalue weighted by Crippen LogP contribution is -1.97. The van der Waals surface area contributed by atoms with Crippen LogP contribution in [0.1, 0.15) is 29.7 Å². The number of hydrogen-bond acceptors (Lipinski definition) is 6. The lowest BCUT2D eigenvalue weighted by Gasteiger charge is -2.09. The van der Waals surface area contributed by atoms with E-state index in [0.717, 1.165) is 37.7 Å². The molecule has 5 nitrogen and oxygen atoms in total. The number of pyridine rings is 1. The molecule has 0 bridgehead atoms. The van der Waals surface area contributed by atoms with Gasteiger partial charge in [0.05, 0.1) is 21.6 Å². The highest BCUT2D eigenvalue weighted by atomic mass is 32.1. The summed E-state index contributed by atoms with van der Waals surface area (Å²) in [4.78, 5) is 23.5. The van der Waals surface area contributed by atoms with Gasteiger partial charge in [-0.25, -0.2) is 4.98 Å². The summed E-state index contributed by atoms with van der Waals surface area (Å²) in [5, 5.41) is 11.9. The molecule has 0 saturated heterocycles. The lowest BCUT2D eigenvalue weighted by molar-refractivity contribution is 0.299. The van der Waals surface area contributed by atoms with Gasteiger partial charge in [0.15, 0.2) is 0 Å². The fourth-order valence-electron chi connectivity index (χ4n) is 2.83. The topological polar surface area (TPSA) is 78.9 Å². The van der Waals surface area contributed by atoms with E-state index in [-0.39, 0.29) is 17.4 Å². The first-order valence-corrected chi connectivity index (χ1v) is 9.98. The second-order valence-electron chi connectivity index (χ2n) is 6.09. The van der Waals surface area contributed by atoms with Crippen LogP contribution in [0.4, 0.5) is 0 Å². The summed E-state index contributed by atoms with van der Waals surface area (Å²) < 4.78 is 0.968. The van der Waals surface area contributed by atoms with E-state index in [9.17, 15) is 4.79 Å². The van der Waals surface area contributed by atoms with E-state index in [2.05, 4.69) is 28.3 Å². The van der Waals surface area contributed by atoms with Gasteiger partial charge in [-0.2, -0.15) is 0 Å². The van der Waals surface area contributed by atoms with Crippen molar-refractivity contribution in [3.63, 3.8) is 0 Å².